The van der Waals surface area contributed by atoms with E-state index in [0.29, 0.717) is 15.2 Å². The standard InChI is InChI=1S/C17H16Cl3N3S/c18-12-2-1-3-14(10-12)22-6-8-23(9-7-22)17(24)21-16-5-4-13(19)11-15(16)20/h1-5,10-11H,6-9H2,(H,21,24). The lowest BCUT2D eigenvalue weighted by Gasteiger charge is -2.37. The van der Waals surface area contributed by atoms with Gasteiger partial charge in [-0.2, -0.15) is 0 Å². The van der Waals surface area contributed by atoms with E-state index < -0.39 is 0 Å². The van der Waals surface area contributed by atoms with Gasteiger partial charge in [0.1, 0.15) is 0 Å². The molecule has 2 aromatic rings. The smallest absolute Gasteiger partial charge is 0.173 e. The van der Waals surface area contributed by atoms with E-state index in [0.717, 1.165) is 42.6 Å². The van der Waals surface area contributed by atoms with Crippen LogP contribution in [0.2, 0.25) is 15.1 Å². The van der Waals surface area contributed by atoms with E-state index in [4.69, 9.17) is 47.0 Å². The van der Waals surface area contributed by atoms with Crippen molar-refractivity contribution >= 4 is 63.5 Å². The third-order valence-corrected chi connectivity index (χ3v) is 5.06. The van der Waals surface area contributed by atoms with Gasteiger partial charge in [0, 0.05) is 41.9 Å². The summed E-state index contributed by atoms with van der Waals surface area (Å²) in [6.45, 7) is 3.44. The molecule has 3 nitrogen and oxygen atoms in total. The molecule has 0 aliphatic carbocycles. The highest BCUT2D eigenvalue weighted by Gasteiger charge is 2.19. The number of anilines is 2. The van der Waals surface area contributed by atoms with Gasteiger partial charge in [0.15, 0.2) is 5.11 Å². The number of thiocarbonyl (C=S) groups is 1. The molecule has 3 rings (SSSR count). The van der Waals surface area contributed by atoms with Crippen LogP contribution in [0.4, 0.5) is 11.4 Å². The van der Waals surface area contributed by atoms with Crippen molar-refractivity contribution in [3.05, 3.63) is 57.5 Å². The Morgan fingerprint density at radius 1 is 0.917 bits per heavy atom. The van der Waals surface area contributed by atoms with Crippen LogP contribution >= 0.6 is 47.0 Å². The molecule has 0 unspecified atom stereocenters. The molecule has 1 heterocycles. The average molecular weight is 401 g/mol. The van der Waals surface area contributed by atoms with Gasteiger partial charge in [0.05, 0.1) is 10.7 Å². The number of halogens is 3. The first kappa shape index (κ1) is 17.6. The average Bonchev–Trinajstić information content (AvgIpc) is 2.57. The molecule has 0 saturated carbocycles. The molecular formula is C17H16Cl3N3S. The second-order valence-corrected chi connectivity index (χ2v) is 7.18. The van der Waals surface area contributed by atoms with Gasteiger partial charge in [-0.1, -0.05) is 40.9 Å². The van der Waals surface area contributed by atoms with Crippen LogP contribution < -0.4 is 10.2 Å². The zero-order chi connectivity index (χ0) is 17.1. The van der Waals surface area contributed by atoms with Gasteiger partial charge in [0.25, 0.3) is 0 Å². The molecule has 2 aromatic carbocycles. The van der Waals surface area contributed by atoms with Gasteiger partial charge in [-0.3, -0.25) is 0 Å². The first-order valence-electron chi connectivity index (χ1n) is 7.54. The molecule has 1 fully saturated rings. The Balaban J connectivity index is 1.59. The second-order valence-electron chi connectivity index (χ2n) is 5.51. The number of nitrogens with zero attached hydrogens (tertiary/aromatic N) is 2. The molecule has 0 radical (unpaired) electrons. The van der Waals surface area contributed by atoms with Crippen LogP contribution in [0.15, 0.2) is 42.5 Å². The molecule has 24 heavy (non-hydrogen) atoms. The van der Waals surface area contributed by atoms with E-state index in [1.54, 1.807) is 12.1 Å². The predicted octanol–water partition coefficient (Wildman–Crippen LogP) is 5.17. The minimum atomic E-state index is 0.558. The van der Waals surface area contributed by atoms with Crippen molar-refractivity contribution in [1.82, 2.24) is 4.90 Å². The molecule has 0 aromatic heterocycles. The highest BCUT2D eigenvalue weighted by atomic mass is 35.5. The van der Waals surface area contributed by atoms with Crippen molar-refractivity contribution < 1.29 is 0 Å². The fraction of sp³-hybridized carbons (Fsp3) is 0.235. The fourth-order valence-corrected chi connectivity index (χ4v) is 3.56. The minimum Gasteiger partial charge on any atom is -0.368 e. The number of piperazine rings is 1. The van der Waals surface area contributed by atoms with Crippen LogP contribution in [0.25, 0.3) is 0 Å². The molecule has 126 valence electrons. The molecule has 7 heteroatoms. The Morgan fingerprint density at radius 3 is 2.29 bits per heavy atom. The Morgan fingerprint density at radius 2 is 1.62 bits per heavy atom. The molecule has 1 aliphatic rings. The summed E-state index contributed by atoms with van der Waals surface area (Å²) in [7, 11) is 0. The third-order valence-electron chi connectivity index (χ3n) is 3.91. The topological polar surface area (TPSA) is 18.5 Å². The lowest BCUT2D eigenvalue weighted by molar-refractivity contribution is 0.391. The number of nitrogens with one attached hydrogen (secondary N) is 1. The number of hydrogen-bond donors (Lipinski definition) is 1. The Bertz CT molecular complexity index is 746. The largest absolute Gasteiger partial charge is 0.368 e. The monoisotopic (exact) mass is 399 g/mol. The van der Waals surface area contributed by atoms with Crippen molar-refractivity contribution in [2.75, 3.05) is 36.4 Å². The van der Waals surface area contributed by atoms with E-state index in [2.05, 4.69) is 21.2 Å². The number of hydrogen-bond acceptors (Lipinski definition) is 2. The zero-order valence-corrected chi connectivity index (χ0v) is 15.9. The van der Waals surface area contributed by atoms with Crippen molar-refractivity contribution in [1.29, 1.82) is 0 Å². The molecule has 1 saturated heterocycles. The Hall–Kier alpha value is -1.20. The van der Waals surface area contributed by atoms with E-state index in [1.807, 2.05) is 24.3 Å². The maximum Gasteiger partial charge on any atom is 0.173 e. The van der Waals surface area contributed by atoms with Crippen molar-refractivity contribution in [3.8, 4) is 0 Å². The van der Waals surface area contributed by atoms with Gasteiger partial charge >= 0.3 is 0 Å². The highest BCUT2D eigenvalue weighted by molar-refractivity contribution is 7.80. The van der Waals surface area contributed by atoms with Crippen LogP contribution in [0.3, 0.4) is 0 Å². The van der Waals surface area contributed by atoms with Crippen molar-refractivity contribution in [2.24, 2.45) is 0 Å². The fourth-order valence-electron chi connectivity index (χ4n) is 2.63. The lowest BCUT2D eigenvalue weighted by atomic mass is 10.2. The molecular weight excluding hydrogens is 385 g/mol. The molecule has 0 atom stereocenters. The Labute approximate surface area is 162 Å². The quantitative estimate of drug-likeness (QED) is 0.701. The first-order chi connectivity index (χ1) is 11.5. The summed E-state index contributed by atoms with van der Waals surface area (Å²) < 4.78 is 0. The van der Waals surface area contributed by atoms with E-state index in [1.165, 1.54) is 0 Å². The van der Waals surface area contributed by atoms with Crippen LogP contribution in [0, 0.1) is 0 Å². The minimum absolute atomic E-state index is 0.558. The maximum atomic E-state index is 6.18. The highest BCUT2D eigenvalue weighted by Crippen LogP contribution is 2.26. The van der Waals surface area contributed by atoms with E-state index >= 15 is 0 Å². The summed E-state index contributed by atoms with van der Waals surface area (Å²) in [6.07, 6.45) is 0. The van der Waals surface area contributed by atoms with Crippen LogP contribution in [0.5, 0.6) is 0 Å². The van der Waals surface area contributed by atoms with Crippen LogP contribution in [-0.2, 0) is 0 Å². The molecule has 0 spiro atoms. The Kier molecular flexibility index (Phi) is 5.72. The summed E-state index contributed by atoms with van der Waals surface area (Å²) in [5.74, 6) is 0. The van der Waals surface area contributed by atoms with E-state index in [-0.39, 0.29) is 0 Å². The summed E-state index contributed by atoms with van der Waals surface area (Å²) in [5.41, 5.74) is 1.91. The SMILES string of the molecule is S=C(Nc1ccc(Cl)cc1Cl)N1CCN(c2cccc(Cl)c2)CC1. The van der Waals surface area contributed by atoms with E-state index in [9.17, 15) is 0 Å². The predicted molar refractivity (Wildman–Crippen MR) is 108 cm³/mol. The molecule has 1 aliphatic heterocycles. The summed E-state index contributed by atoms with van der Waals surface area (Å²) in [4.78, 5) is 4.45. The van der Waals surface area contributed by atoms with Crippen molar-refractivity contribution in [2.45, 2.75) is 0 Å². The maximum absolute atomic E-state index is 6.18. The summed E-state index contributed by atoms with van der Waals surface area (Å²) in [5, 5.41) is 5.78. The zero-order valence-electron chi connectivity index (χ0n) is 12.8. The third kappa shape index (κ3) is 4.25. The molecule has 1 N–H and O–H groups in total. The second kappa shape index (κ2) is 7.79. The normalized spacial score (nSPS) is 14.6. The molecule has 0 amide bonds. The summed E-state index contributed by atoms with van der Waals surface area (Å²) in [6, 6.07) is 13.2. The van der Waals surface area contributed by atoms with Gasteiger partial charge in [-0.15, -0.1) is 0 Å². The van der Waals surface area contributed by atoms with Crippen molar-refractivity contribution in [3.63, 3.8) is 0 Å². The van der Waals surface area contributed by atoms with Gasteiger partial charge in [-0.25, -0.2) is 0 Å². The van der Waals surface area contributed by atoms with Crippen LogP contribution in [0.1, 0.15) is 0 Å². The van der Waals surface area contributed by atoms with Gasteiger partial charge < -0.3 is 15.1 Å². The summed E-state index contributed by atoms with van der Waals surface area (Å²) >= 11 is 23.7. The first-order valence-corrected chi connectivity index (χ1v) is 9.08. The number of benzene rings is 2. The lowest BCUT2D eigenvalue weighted by Crippen LogP contribution is -2.50. The number of rotatable bonds is 2. The molecule has 0 bridgehead atoms. The van der Waals surface area contributed by atoms with Gasteiger partial charge in [0.2, 0.25) is 0 Å². The van der Waals surface area contributed by atoms with Crippen LogP contribution in [-0.4, -0.2) is 36.2 Å². The van der Waals surface area contributed by atoms with Gasteiger partial charge in [-0.05, 0) is 48.6 Å².